The number of fused-ring (bicyclic) bond motifs is 2. The molecule has 1 fully saturated rings. The van der Waals surface area contributed by atoms with Gasteiger partial charge in [-0.1, -0.05) is 11.6 Å². The SMILES string of the molecule is COCCN1CCN(c2cc(NC(=O)Cn3cc(-c4cc(F)c(O)c(C=O)c4)c4c(=O)n5c(nc43)CCC5)c(Cl)c(F)n2)C(C)C1. The van der Waals surface area contributed by atoms with Crippen LogP contribution in [-0.4, -0.2) is 87.2 Å². The number of halogens is 3. The maximum Gasteiger partial charge on any atom is 0.263 e. The fraction of sp³-hybridized carbons (Fsp3) is 0.387. The number of nitrogens with one attached hydrogen (secondary N) is 1. The summed E-state index contributed by atoms with van der Waals surface area (Å²) in [6.07, 6.45) is 3.06. The molecule has 2 aliphatic heterocycles. The number of ether oxygens (including phenoxy) is 1. The summed E-state index contributed by atoms with van der Waals surface area (Å²) in [5.74, 6) is -2.48. The third kappa shape index (κ3) is 5.83. The van der Waals surface area contributed by atoms with E-state index >= 15 is 0 Å². The van der Waals surface area contributed by atoms with Crippen molar-refractivity contribution in [3.05, 3.63) is 62.9 Å². The van der Waals surface area contributed by atoms with Crippen LogP contribution in [-0.2, 0) is 29.0 Å². The summed E-state index contributed by atoms with van der Waals surface area (Å²) in [5.41, 5.74) is -0.0492. The molecule has 12 nitrogen and oxygen atoms in total. The molecule has 2 N–H and O–H groups in total. The maximum absolute atomic E-state index is 15.0. The number of nitrogens with zero attached hydrogens (tertiary/aromatic N) is 6. The molecule has 0 saturated carbocycles. The number of hydrogen-bond acceptors (Lipinski definition) is 9. The summed E-state index contributed by atoms with van der Waals surface area (Å²) >= 11 is 6.25. The lowest BCUT2D eigenvalue weighted by Crippen LogP contribution is -2.53. The van der Waals surface area contributed by atoms with Crippen LogP contribution in [0.3, 0.4) is 0 Å². The van der Waals surface area contributed by atoms with Crippen LogP contribution in [0.25, 0.3) is 22.2 Å². The number of aromatic hydroxyl groups is 1. The van der Waals surface area contributed by atoms with Crippen LogP contribution in [0.15, 0.2) is 29.2 Å². The second-order valence-corrected chi connectivity index (χ2v) is 11.9. The molecule has 15 heteroatoms. The number of aldehydes is 1. The zero-order valence-electron chi connectivity index (χ0n) is 25.2. The number of hydrogen-bond donors (Lipinski definition) is 2. The zero-order chi connectivity index (χ0) is 32.7. The largest absolute Gasteiger partial charge is 0.504 e. The number of pyridine rings is 1. The maximum atomic E-state index is 15.0. The van der Waals surface area contributed by atoms with Gasteiger partial charge < -0.3 is 24.6 Å². The van der Waals surface area contributed by atoms with Crippen molar-refractivity contribution in [2.24, 2.45) is 0 Å². The molecule has 5 heterocycles. The molecular formula is C31H32ClF2N7O5. The summed E-state index contributed by atoms with van der Waals surface area (Å²) in [5, 5.41) is 12.4. The predicted octanol–water partition coefficient (Wildman–Crippen LogP) is 3.45. The average Bonchev–Trinajstić information content (AvgIpc) is 3.65. The van der Waals surface area contributed by atoms with Crippen LogP contribution in [0.4, 0.5) is 20.3 Å². The smallest absolute Gasteiger partial charge is 0.263 e. The lowest BCUT2D eigenvalue weighted by Gasteiger charge is -2.40. The highest BCUT2D eigenvalue weighted by atomic mass is 35.5. The van der Waals surface area contributed by atoms with Crippen molar-refractivity contribution in [3.8, 4) is 16.9 Å². The number of rotatable bonds is 9. The van der Waals surface area contributed by atoms with Crippen molar-refractivity contribution in [1.82, 2.24) is 24.0 Å². The van der Waals surface area contributed by atoms with Crippen LogP contribution in [0.1, 0.15) is 29.5 Å². The number of carbonyl (C=O) groups excluding carboxylic acids is 2. The summed E-state index contributed by atoms with van der Waals surface area (Å²) in [4.78, 5) is 51.4. The normalized spacial score (nSPS) is 16.6. The topological polar surface area (TPSA) is 135 Å². The summed E-state index contributed by atoms with van der Waals surface area (Å²) in [6, 6.07) is 3.81. The minimum Gasteiger partial charge on any atom is -0.504 e. The first-order valence-corrected chi connectivity index (χ1v) is 15.2. The number of amides is 1. The van der Waals surface area contributed by atoms with Gasteiger partial charge in [0, 0.05) is 70.1 Å². The first-order valence-electron chi connectivity index (χ1n) is 14.8. The Labute approximate surface area is 267 Å². The van der Waals surface area contributed by atoms with E-state index < -0.39 is 23.4 Å². The molecule has 0 bridgehead atoms. The van der Waals surface area contributed by atoms with Gasteiger partial charge in [-0.2, -0.15) is 4.39 Å². The predicted molar refractivity (Wildman–Crippen MR) is 168 cm³/mol. The molecule has 0 aliphatic carbocycles. The zero-order valence-corrected chi connectivity index (χ0v) is 26.0. The lowest BCUT2D eigenvalue weighted by atomic mass is 10.0. The quantitative estimate of drug-likeness (QED) is 0.205. The van der Waals surface area contributed by atoms with E-state index in [0.717, 1.165) is 25.7 Å². The molecule has 242 valence electrons. The summed E-state index contributed by atoms with van der Waals surface area (Å²) in [6.45, 7) is 5.52. The number of aryl methyl sites for hydroxylation is 1. The number of carbonyl (C=O) groups is 2. The number of benzene rings is 1. The highest BCUT2D eigenvalue weighted by molar-refractivity contribution is 6.33. The van der Waals surface area contributed by atoms with Gasteiger partial charge in [-0.05, 0) is 31.0 Å². The van der Waals surface area contributed by atoms with E-state index in [1.807, 2.05) is 11.8 Å². The van der Waals surface area contributed by atoms with Gasteiger partial charge in [-0.15, -0.1) is 0 Å². The van der Waals surface area contributed by atoms with Gasteiger partial charge in [-0.3, -0.25) is 23.9 Å². The van der Waals surface area contributed by atoms with Gasteiger partial charge >= 0.3 is 0 Å². The molecule has 1 amide bonds. The third-order valence-corrected chi connectivity index (χ3v) is 8.84. The number of aromatic nitrogens is 4. The fourth-order valence-electron chi connectivity index (χ4n) is 6.20. The van der Waals surface area contributed by atoms with Gasteiger partial charge in [0.05, 0.1) is 23.2 Å². The highest BCUT2D eigenvalue weighted by Crippen LogP contribution is 2.34. The van der Waals surface area contributed by atoms with Gasteiger partial charge in [0.25, 0.3) is 5.56 Å². The molecule has 1 unspecified atom stereocenters. The summed E-state index contributed by atoms with van der Waals surface area (Å²) in [7, 11) is 1.65. The molecule has 1 aromatic carbocycles. The molecule has 46 heavy (non-hydrogen) atoms. The second kappa shape index (κ2) is 12.8. The molecule has 1 atom stereocenters. The second-order valence-electron chi connectivity index (χ2n) is 11.5. The van der Waals surface area contributed by atoms with Crippen molar-refractivity contribution < 1.29 is 28.2 Å². The first-order chi connectivity index (χ1) is 22.1. The Morgan fingerprint density at radius 3 is 2.76 bits per heavy atom. The number of anilines is 2. The Morgan fingerprint density at radius 1 is 1.22 bits per heavy atom. The lowest BCUT2D eigenvalue weighted by molar-refractivity contribution is -0.116. The Bertz CT molecular complexity index is 1910. The molecule has 6 rings (SSSR count). The van der Waals surface area contributed by atoms with E-state index in [1.54, 1.807) is 7.11 Å². The van der Waals surface area contributed by atoms with E-state index in [4.69, 9.17) is 16.3 Å². The third-order valence-electron chi connectivity index (χ3n) is 8.48. The van der Waals surface area contributed by atoms with Crippen molar-refractivity contribution >= 4 is 46.3 Å². The molecule has 3 aromatic heterocycles. The Balaban J connectivity index is 1.32. The highest BCUT2D eigenvalue weighted by Gasteiger charge is 2.28. The Hall–Kier alpha value is -4.40. The van der Waals surface area contributed by atoms with Crippen molar-refractivity contribution in [1.29, 1.82) is 0 Å². The van der Waals surface area contributed by atoms with E-state index in [0.29, 0.717) is 50.5 Å². The molecule has 0 radical (unpaired) electrons. The number of piperazine rings is 1. The average molecular weight is 656 g/mol. The minimum absolute atomic E-state index is 0.00307. The van der Waals surface area contributed by atoms with Crippen LogP contribution in [0, 0.1) is 11.8 Å². The van der Waals surface area contributed by atoms with E-state index in [9.17, 15) is 28.3 Å². The molecule has 1 saturated heterocycles. The molecule has 4 aromatic rings. The molecule has 2 aliphatic rings. The summed E-state index contributed by atoms with van der Waals surface area (Å²) < 4.78 is 37.7. The van der Waals surface area contributed by atoms with Crippen molar-refractivity contribution in [3.63, 3.8) is 0 Å². The molecular weight excluding hydrogens is 624 g/mol. The van der Waals surface area contributed by atoms with Gasteiger partial charge in [0.15, 0.2) is 17.9 Å². The van der Waals surface area contributed by atoms with Gasteiger partial charge in [-0.25, -0.2) is 14.4 Å². The van der Waals surface area contributed by atoms with Gasteiger partial charge in [0.1, 0.15) is 28.9 Å². The van der Waals surface area contributed by atoms with Crippen molar-refractivity contribution in [2.45, 2.75) is 38.9 Å². The van der Waals surface area contributed by atoms with Crippen molar-refractivity contribution in [2.75, 3.05) is 50.1 Å². The minimum atomic E-state index is -1.04. The standard InChI is InChI=1S/C31H32ClF2N7O5/c1-17-13-38(8-9-46-2)6-7-40(17)24-12-22(27(32)29(34)36-24)35-25(43)15-39-14-20(18-10-19(16-42)28(44)21(33)11-18)26-30(39)37-23-4-3-5-41(23)31(26)45/h10-12,14,16-17,44H,3-9,13,15H2,1-2H3,(H,35,36,43). The van der Waals surface area contributed by atoms with E-state index in [-0.39, 0.29) is 56.6 Å². The molecule has 0 spiro atoms. The first kappa shape index (κ1) is 31.6. The van der Waals surface area contributed by atoms with Gasteiger partial charge in [0.2, 0.25) is 11.9 Å². The number of phenols is 1. The van der Waals surface area contributed by atoms with Crippen LogP contribution in [0.2, 0.25) is 5.02 Å². The number of methoxy groups -OCH3 is 1. The monoisotopic (exact) mass is 655 g/mol. The van der Waals surface area contributed by atoms with Crippen LogP contribution in [0.5, 0.6) is 5.75 Å². The van der Waals surface area contributed by atoms with Crippen LogP contribution < -0.4 is 15.8 Å². The van der Waals surface area contributed by atoms with E-state index in [2.05, 4.69) is 20.2 Å². The van der Waals surface area contributed by atoms with E-state index in [1.165, 1.54) is 27.5 Å². The van der Waals surface area contributed by atoms with Crippen LogP contribution >= 0.6 is 11.6 Å². The fourth-order valence-corrected chi connectivity index (χ4v) is 6.34. The Morgan fingerprint density at radius 2 is 2.02 bits per heavy atom. The number of phenolic OH excluding ortho intramolecular Hbond substituents is 1. The Kier molecular flexibility index (Phi) is 8.77.